The van der Waals surface area contributed by atoms with Gasteiger partial charge in [-0.05, 0) is 18.2 Å². The lowest BCUT2D eigenvalue weighted by atomic mass is 10.1. The molecule has 0 atom stereocenters. The summed E-state index contributed by atoms with van der Waals surface area (Å²) in [5, 5.41) is 0.989. The van der Waals surface area contributed by atoms with Gasteiger partial charge >= 0.3 is 0 Å². The van der Waals surface area contributed by atoms with Crippen molar-refractivity contribution in [3.05, 3.63) is 35.8 Å². The number of benzene rings is 1. The maximum absolute atomic E-state index is 13.1. The molecule has 2 nitrogen and oxygen atoms in total. The average Bonchev–Trinajstić information content (AvgIpc) is 2.46. The predicted octanol–water partition coefficient (Wildman–Crippen LogP) is 2.51. The Kier molecular flexibility index (Phi) is 2.27. The summed E-state index contributed by atoms with van der Waals surface area (Å²) in [6.07, 6.45) is 1.97. The molecular formula is C12H16FN2+. The van der Waals surface area contributed by atoms with Crippen LogP contribution in [0.3, 0.4) is 0 Å². The third-order valence-corrected chi connectivity index (χ3v) is 2.37. The fraction of sp³-hybridized carbons (Fsp3) is 0.333. The van der Waals surface area contributed by atoms with Crippen molar-refractivity contribution in [2.45, 2.75) is 6.54 Å². The summed E-state index contributed by atoms with van der Waals surface area (Å²) in [4.78, 5) is 3.16. The van der Waals surface area contributed by atoms with E-state index in [-0.39, 0.29) is 5.82 Å². The van der Waals surface area contributed by atoms with Crippen molar-refractivity contribution in [3.8, 4) is 0 Å². The van der Waals surface area contributed by atoms with Crippen LogP contribution in [-0.2, 0) is 6.54 Å². The molecule has 0 fully saturated rings. The first-order valence-corrected chi connectivity index (χ1v) is 5.02. The molecule has 15 heavy (non-hydrogen) atoms. The highest BCUT2D eigenvalue weighted by atomic mass is 19.1. The van der Waals surface area contributed by atoms with E-state index in [1.54, 1.807) is 12.1 Å². The highest BCUT2D eigenvalue weighted by Crippen LogP contribution is 2.21. The predicted molar refractivity (Wildman–Crippen MR) is 60.0 cm³/mol. The van der Waals surface area contributed by atoms with E-state index in [1.807, 2.05) is 6.20 Å². The lowest BCUT2D eigenvalue weighted by molar-refractivity contribution is -0.883. The Bertz CT molecular complexity index is 480. The van der Waals surface area contributed by atoms with Crippen LogP contribution < -0.4 is 0 Å². The molecule has 2 rings (SSSR count). The van der Waals surface area contributed by atoms with Gasteiger partial charge in [0.05, 0.1) is 21.1 Å². The second-order valence-corrected chi connectivity index (χ2v) is 4.95. The summed E-state index contributed by atoms with van der Waals surface area (Å²) >= 11 is 0. The molecule has 1 aromatic heterocycles. The second-order valence-electron chi connectivity index (χ2n) is 4.95. The Morgan fingerprint density at radius 3 is 2.67 bits per heavy atom. The number of halogens is 1. The number of aromatic amines is 1. The monoisotopic (exact) mass is 207 g/mol. The zero-order chi connectivity index (χ0) is 11.1. The number of hydrogen-bond acceptors (Lipinski definition) is 0. The van der Waals surface area contributed by atoms with E-state index < -0.39 is 0 Å². The van der Waals surface area contributed by atoms with E-state index in [9.17, 15) is 4.39 Å². The summed E-state index contributed by atoms with van der Waals surface area (Å²) in [5.74, 6) is -0.176. The summed E-state index contributed by atoms with van der Waals surface area (Å²) in [6.45, 7) is 0.892. The first kappa shape index (κ1) is 10.2. The zero-order valence-corrected chi connectivity index (χ0v) is 9.34. The van der Waals surface area contributed by atoms with Crippen molar-refractivity contribution < 1.29 is 8.87 Å². The second kappa shape index (κ2) is 3.35. The summed E-state index contributed by atoms with van der Waals surface area (Å²) in [7, 11) is 6.37. The lowest BCUT2D eigenvalue weighted by Crippen LogP contribution is -2.33. The molecule has 0 bridgehead atoms. The molecule has 0 aliphatic rings. The van der Waals surface area contributed by atoms with Crippen molar-refractivity contribution >= 4 is 10.9 Å². The van der Waals surface area contributed by atoms with Crippen LogP contribution in [0.5, 0.6) is 0 Å². The first-order valence-electron chi connectivity index (χ1n) is 5.02. The van der Waals surface area contributed by atoms with Crippen molar-refractivity contribution in [2.24, 2.45) is 0 Å². The fourth-order valence-corrected chi connectivity index (χ4v) is 1.79. The van der Waals surface area contributed by atoms with Gasteiger partial charge in [0.1, 0.15) is 12.4 Å². The Morgan fingerprint density at radius 2 is 2.00 bits per heavy atom. The van der Waals surface area contributed by atoms with Gasteiger partial charge in [0, 0.05) is 22.7 Å². The molecule has 1 aromatic carbocycles. The van der Waals surface area contributed by atoms with Crippen LogP contribution in [0.25, 0.3) is 10.9 Å². The van der Waals surface area contributed by atoms with Gasteiger partial charge < -0.3 is 9.47 Å². The minimum Gasteiger partial charge on any atom is -0.361 e. The minimum absolute atomic E-state index is 0.176. The smallest absolute Gasteiger partial charge is 0.123 e. The zero-order valence-electron chi connectivity index (χ0n) is 9.34. The van der Waals surface area contributed by atoms with Crippen molar-refractivity contribution in [2.75, 3.05) is 21.1 Å². The standard InChI is InChI=1S/C12H16FN2/c1-15(2,3)8-9-7-14-12-5-4-10(13)6-11(9)12/h4-7,14H,8H2,1-3H3/q+1. The summed E-state index contributed by atoms with van der Waals surface area (Å²) in [5.41, 5.74) is 2.16. The van der Waals surface area contributed by atoms with Crippen LogP contribution in [0.1, 0.15) is 5.56 Å². The number of nitrogens with one attached hydrogen (secondary N) is 1. The van der Waals surface area contributed by atoms with Gasteiger partial charge in [0.25, 0.3) is 0 Å². The Morgan fingerprint density at radius 1 is 1.27 bits per heavy atom. The number of quaternary nitrogens is 1. The van der Waals surface area contributed by atoms with Gasteiger partial charge in [-0.2, -0.15) is 0 Å². The molecule has 1 N–H and O–H groups in total. The molecule has 0 amide bonds. The van der Waals surface area contributed by atoms with E-state index >= 15 is 0 Å². The van der Waals surface area contributed by atoms with Crippen molar-refractivity contribution in [1.29, 1.82) is 0 Å². The fourth-order valence-electron chi connectivity index (χ4n) is 1.79. The molecule has 0 aliphatic carbocycles. The topological polar surface area (TPSA) is 15.8 Å². The Labute approximate surface area is 88.9 Å². The number of rotatable bonds is 2. The number of nitrogens with zero attached hydrogens (tertiary/aromatic N) is 1. The quantitative estimate of drug-likeness (QED) is 0.728. The van der Waals surface area contributed by atoms with Crippen molar-refractivity contribution in [1.82, 2.24) is 4.98 Å². The molecule has 1 heterocycles. The normalized spacial score (nSPS) is 12.3. The molecule has 0 saturated carbocycles. The molecule has 0 unspecified atom stereocenters. The summed E-state index contributed by atoms with van der Waals surface area (Å²) < 4.78 is 13.9. The maximum Gasteiger partial charge on any atom is 0.123 e. The molecule has 80 valence electrons. The first-order chi connectivity index (χ1) is 6.96. The minimum atomic E-state index is -0.176. The van der Waals surface area contributed by atoms with E-state index in [4.69, 9.17) is 0 Å². The Balaban J connectivity index is 2.48. The maximum atomic E-state index is 13.1. The average molecular weight is 207 g/mol. The molecule has 3 heteroatoms. The summed E-state index contributed by atoms with van der Waals surface area (Å²) in [6, 6.07) is 4.86. The van der Waals surface area contributed by atoms with Gasteiger partial charge in [-0.1, -0.05) is 0 Å². The van der Waals surface area contributed by atoms with Crippen LogP contribution in [-0.4, -0.2) is 30.6 Å². The van der Waals surface area contributed by atoms with Crippen LogP contribution >= 0.6 is 0 Å². The third kappa shape index (κ3) is 2.18. The molecule has 0 aliphatic heterocycles. The largest absolute Gasteiger partial charge is 0.361 e. The van der Waals surface area contributed by atoms with Gasteiger partial charge in [0.2, 0.25) is 0 Å². The van der Waals surface area contributed by atoms with Gasteiger partial charge in [-0.15, -0.1) is 0 Å². The molecule has 0 saturated heterocycles. The number of fused-ring (bicyclic) bond motifs is 1. The van der Waals surface area contributed by atoms with E-state index in [0.29, 0.717) is 0 Å². The third-order valence-electron chi connectivity index (χ3n) is 2.37. The van der Waals surface area contributed by atoms with Gasteiger partial charge in [-0.25, -0.2) is 4.39 Å². The highest BCUT2D eigenvalue weighted by Gasteiger charge is 2.12. The highest BCUT2D eigenvalue weighted by molar-refractivity contribution is 5.83. The van der Waals surface area contributed by atoms with Crippen LogP contribution in [0.2, 0.25) is 0 Å². The SMILES string of the molecule is C[N+](C)(C)Cc1c[nH]c2ccc(F)cc12. The van der Waals surface area contributed by atoms with E-state index in [2.05, 4.69) is 26.1 Å². The van der Waals surface area contributed by atoms with E-state index in [1.165, 1.54) is 6.07 Å². The molecule has 2 aromatic rings. The van der Waals surface area contributed by atoms with Gasteiger partial charge in [-0.3, -0.25) is 0 Å². The van der Waals surface area contributed by atoms with E-state index in [0.717, 1.165) is 27.5 Å². The number of aromatic nitrogens is 1. The molecule has 0 spiro atoms. The number of hydrogen-bond donors (Lipinski definition) is 1. The van der Waals surface area contributed by atoms with Gasteiger partial charge in [0.15, 0.2) is 0 Å². The molecular weight excluding hydrogens is 191 g/mol. The lowest BCUT2D eigenvalue weighted by Gasteiger charge is -2.23. The Hall–Kier alpha value is -1.35. The number of H-pyrrole nitrogens is 1. The van der Waals surface area contributed by atoms with Crippen LogP contribution in [0.4, 0.5) is 4.39 Å². The van der Waals surface area contributed by atoms with Crippen molar-refractivity contribution in [3.63, 3.8) is 0 Å². The van der Waals surface area contributed by atoms with Crippen LogP contribution in [0, 0.1) is 5.82 Å². The van der Waals surface area contributed by atoms with Crippen LogP contribution in [0.15, 0.2) is 24.4 Å². The molecule has 0 radical (unpaired) electrons.